The molecule has 0 spiro atoms. The second kappa shape index (κ2) is 8.94. The molecule has 1 amide bonds. The van der Waals surface area contributed by atoms with E-state index in [0.29, 0.717) is 31.1 Å². The first-order valence-corrected chi connectivity index (χ1v) is 11.1. The lowest BCUT2D eigenvalue weighted by molar-refractivity contribution is -0.169. The number of hydrogen-bond acceptors (Lipinski definition) is 7. The van der Waals surface area contributed by atoms with Gasteiger partial charge in [0.15, 0.2) is 16.8 Å². The molecular formula is C23H29ClN4O4. The number of anilines is 2. The molecule has 1 unspecified atom stereocenters. The Morgan fingerprint density at radius 1 is 1.19 bits per heavy atom. The van der Waals surface area contributed by atoms with Gasteiger partial charge in [-0.05, 0) is 32.3 Å². The minimum absolute atomic E-state index is 0.0859. The highest BCUT2D eigenvalue weighted by Crippen LogP contribution is 2.51. The number of hydrogen-bond donors (Lipinski definition) is 2. The van der Waals surface area contributed by atoms with Crippen molar-refractivity contribution in [2.75, 3.05) is 17.2 Å². The van der Waals surface area contributed by atoms with Crippen molar-refractivity contribution in [3.05, 3.63) is 47.4 Å². The maximum Gasteiger partial charge on any atom is 0.211 e. The number of fused-ring (bicyclic) bond motifs is 1. The van der Waals surface area contributed by atoms with Crippen LogP contribution in [0.1, 0.15) is 33.3 Å². The quantitative estimate of drug-likeness (QED) is 0.456. The molecule has 1 aromatic heterocycles. The van der Waals surface area contributed by atoms with E-state index < -0.39 is 11.3 Å². The predicted molar refractivity (Wildman–Crippen MR) is 121 cm³/mol. The van der Waals surface area contributed by atoms with Crippen LogP contribution in [-0.4, -0.2) is 46.5 Å². The lowest BCUT2D eigenvalue weighted by Gasteiger charge is -2.38. The summed E-state index contributed by atoms with van der Waals surface area (Å²) in [6.45, 7) is 9.12. The minimum atomic E-state index is -0.719. The first-order chi connectivity index (χ1) is 15.2. The van der Waals surface area contributed by atoms with Gasteiger partial charge in [-0.25, -0.2) is 9.97 Å². The Kier molecular flexibility index (Phi) is 6.40. The first-order valence-electron chi connectivity index (χ1n) is 10.7. The van der Waals surface area contributed by atoms with Gasteiger partial charge in [0, 0.05) is 5.92 Å². The zero-order valence-electron chi connectivity index (χ0n) is 18.7. The number of carbonyl (C=O) groups excluding carboxylic acids is 1. The number of aromatic nitrogens is 2. The van der Waals surface area contributed by atoms with Crippen LogP contribution in [0.2, 0.25) is 5.15 Å². The summed E-state index contributed by atoms with van der Waals surface area (Å²) in [6.07, 6.45) is 1.50. The smallest absolute Gasteiger partial charge is 0.211 e. The summed E-state index contributed by atoms with van der Waals surface area (Å²) >= 11 is 6.20. The molecule has 32 heavy (non-hydrogen) atoms. The summed E-state index contributed by atoms with van der Waals surface area (Å²) in [7, 11) is 0. The van der Waals surface area contributed by atoms with Gasteiger partial charge >= 0.3 is 0 Å². The van der Waals surface area contributed by atoms with Gasteiger partial charge in [-0.1, -0.05) is 48.9 Å². The van der Waals surface area contributed by atoms with Crippen molar-refractivity contribution >= 4 is 29.5 Å². The maximum atomic E-state index is 11.1. The highest BCUT2D eigenvalue weighted by atomic mass is 35.5. The van der Waals surface area contributed by atoms with Crippen molar-refractivity contribution in [1.82, 2.24) is 9.97 Å². The van der Waals surface area contributed by atoms with E-state index in [1.165, 1.54) is 6.33 Å². The highest BCUT2D eigenvalue weighted by Gasteiger charge is 2.63. The normalized spacial score (nSPS) is 30.7. The van der Waals surface area contributed by atoms with Crippen LogP contribution in [0.15, 0.2) is 36.7 Å². The van der Waals surface area contributed by atoms with Crippen LogP contribution in [0.5, 0.6) is 0 Å². The number of nitrogens with zero attached hydrogens (tertiary/aromatic N) is 2. The molecule has 9 heteroatoms. The average molecular weight is 461 g/mol. The van der Waals surface area contributed by atoms with Gasteiger partial charge in [0.05, 0.1) is 24.9 Å². The second-order valence-electron chi connectivity index (χ2n) is 9.03. The van der Waals surface area contributed by atoms with Crippen molar-refractivity contribution in [1.29, 1.82) is 0 Å². The summed E-state index contributed by atoms with van der Waals surface area (Å²) in [6, 6.07) is 10.1. The van der Waals surface area contributed by atoms with E-state index in [0.717, 1.165) is 5.56 Å². The molecule has 0 bridgehead atoms. The van der Waals surface area contributed by atoms with Crippen LogP contribution in [-0.2, 0) is 25.6 Å². The average Bonchev–Trinajstić information content (AvgIpc) is 3.17. The fraction of sp³-hybridized carbons (Fsp3) is 0.522. The fourth-order valence-electron chi connectivity index (χ4n) is 4.77. The van der Waals surface area contributed by atoms with E-state index in [9.17, 15) is 4.79 Å². The Hall–Kier alpha value is -2.26. The molecule has 0 radical (unpaired) electrons. The van der Waals surface area contributed by atoms with E-state index in [-0.39, 0.29) is 29.2 Å². The van der Waals surface area contributed by atoms with E-state index in [1.807, 2.05) is 44.2 Å². The van der Waals surface area contributed by atoms with Crippen LogP contribution < -0.4 is 10.6 Å². The molecule has 172 valence electrons. The number of ether oxygens (including phenoxy) is 3. The summed E-state index contributed by atoms with van der Waals surface area (Å²) in [5.41, 5.74) is 0.895. The minimum Gasteiger partial charge on any atom is -0.376 e. The molecular weight excluding hydrogens is 432 g/mol. The van der Waals surface area contributed by atoms with Gasteiger partial charge in [-0.15, -0.1) is 0 Å². The largest absolute Gasteiger partial charge is 0.376 e. The van der Waals surface area contributed by atoms with Crippen molar-refractivity contribution in [2.45, 2.75) is 57.8 Å². The molecule has 1 aromatic carbocycles. The van der Waals surface area contributed by atoms with Crippen LogP contribution in [0, 0.1) is 11.8 Å². The summed E-state index contributed by atoms with van der Waals surface area (Å²) in [5.74, 6) is -0.0992. The molecule has 2 heterocycles. The van der Waals surface area contributed by atoms with Crippen molar-refractivity contribution < 1.29 is 19.0 Å². The number of rotatable bonds is 8. The summed E-state index contributed by atoms with van der Waals surface area (Å²) < 4.78 is 18.8. The van der Waals surface area contributed by atoms with Gasteiger partial charge in [0.1, 0.15) is 18.1 Å². The predicted octanol–water partition coefficient (Wildman–Crippen LogP) is 3.87. The Bertz CT molecular complexity index is 960. The summed E-state index contributed by atoms with van der Waals surface area (Å²) in [4.78, 5) is 19.4. The lowest BCUT2D eigenvalue weighted by atomic mass is 9.85. The zero-order valence-corrected chi connectivity index (χ0v) is 19.4. The summed E-state index contributed by atoms with van der Waals surface area (Å²) in [5, 5.41) is 6.24. The monoisotopic (exact) mass is 460 g/mol. The third-order valence-electron chi connectivity index (χ3n) is 6.54. The van der Waals surface area contributed by atoms with E-state index >= 15 is 0 Å². The maximum absolute atomic E-state index is 11.1. The van der Waals surface area contributed by atoms with Crippen LogP contribution >= 0.6 is 11.6 Å². The van der Waals surface area contributed by atoms with E-state index in [1.54, 1.807) is 0 Å². The van der Waals surface area contributed by atoms with Gasteiger partial charge in [-0.2, -0.15) is 0 Å². The first kappa shape index (κ1) is 22.9. The van der Waals surface area contributed by atoms with Crippen LogP contribution in [0.4, 0.5) is 11.5 Å². The molecule has 1 saturated carbocycles. The van der Waals surface area contributed by atoms with Crippen LogP contribution in [0.3, 0.4) is 0 Å². The Balaban J connectivity index is 1.57. The second-order valence-corrected chi connectivity index (χ2v) is 9.39. The number of halogens is 1. The van der Waals surface area contributed by atoms with Gasteiger partial charge in [0.25, 0.3) is 0 Å². The molecule has 2 fully saturated rings. The number of carbonyl (C=O) groups is 1. The molecule has 2 aliphatic rings. The number of benzene rings is 1. The molecule has 8 nitrogen and oxygen atoms in total. The molecule has 2 aromatic rings. The highest BCUT2D eigenvalue weighted by molar-refractivity contribution is 6.32. The standard InChI is InChI=1S/C23H29ClN4O4/c1-14-16(11-30-10-15-8-6-5-7-9-15)18-19(32-22(2,3)31-18)23(14,4)28-21-17(27-13-29)20(24)25-12-26-21/h5-9,12-14,16,18-19H,10-11H2,1-4H3,(H,27,29)(H,25,26,28)/t14-,16?,18+,19+,23+/m0/s1. The van der Waals surface area contributed by atoms with Gasteiger partial charge < -0.3 is 24.8 Å². The molecule has 1 saturated heterocycles. The van der Waals surface area contributed by atoms with Crippen molar-refractivity contribution in [3.63, 3.8) is 0 Å². The SMILES string of the molecule is C[C@H]1C(COCc2ccccc2)[C@H]2OC(C)(C)O[C@H]2[C@]1(C)Nc1ncnc(Cl)c1NC=O. The molecule has 4 rings (SSSR count). The van der Waals surface area contributed by atoms with Gasteiger partial charge in [-0.3, -0.25) is 4.79 Å². The lowest BCUT2D eigenvalue weighted by Crippen LogP contribution is -2.50. The Morgan fingerprint density at radius 2 is 1.94 bits per heavy atom. The Labute approximate surface area is 193 Å². The third-order valence-corrected chi connectivity index (χ3v) is 6.83. The molecule has 5 atom stereocenters. The fourth-order valence-corrected chi connectivity index (χ4v) is 4.95. The Morgan fingerprint density at radius 3 is 2.66 bits per heavy atom. The third kappa shape index (κ3) is 4.32. The molecule has 2 N–H and O–H groups in total. The van der Waals surface area contributed by atoms with E-state index in [4.69, 9.17) is 25.8 Å². The van der Waals surface area contributed by atoms with Crippen molar-refractivity contribution in [3.8, 4) is 0 Å². The number of nitrogens with one attached hydrogen (secondary N) is 2. The number of amides is 1. The molecule has 1 aliphatic carbocycles. The van der Waals surface area contributed by atoms with Crippen LogP contribution in [0.25, 0.3) is 0 Å². The van der Waals surface area contributed by atoms with E-state index in [2.05, 4.69) is 34.4 Å². The van der Waals surface area contributed by atoms with Crippen molar-refractivity contribution in [2.24, 2.45) is 11.8 Å². The zero-order chi connectivity index (χ0) is 22.9. The van der Waals surface area contributed by atoms with Gasteiger partial charge in [0.2, 0.25) is 6.41 Å². The topological polar surface area (TPSA) is 94.6 Å². The molecule has 1 aliphatic heterocycles.